The molecule has 5 heteroatoms. The minimum Gasteiger partial charge on any atom is -0.328 e. The van der Waals surface area contributed by atoms with Crippen molar-refractivity contribution >= 4 is 24.2 Å². The zero-order valence-electron chi connectivity index (χ0n) is 9.13. The van der Waals surface area contributed by atoms with Crippen LogP contribution in [0.3, 0.4) is 0 Å². The molecule has 3 rings (SSSR count). The third kappa shape index (κ3) is 1.64. The molecule has 2 aliphatic rings. The van der Waals surface area contributed by atoms with Crippen LogP contribution in [0.4, 0.5) is 0 Å². The third-order valence-corrected chi connectivity index (χ3v) is 3.34. The first-order valence-electron chi connectivity index (χ1n) is 5.41. The Balaban J connectivity index is 0.00000108. The molecule has 0 radical (unpaired) electrons. The number of carbonyl (C=O) groups excluding carboxylic acids is 2. The average molecular weight is 253 g/mol. The molecule has 90 valence electrons. The monoisotopic (exact) mass is 252 g/mol. The molecule has 1 aromatic rings. The summed E-state index contributed by atoms with van der Waals surface area (Å²) in [7, 11) is 0. The van der Waals surface area contributed by atoms with E-state index in [9.17, 15) is 9.59 Å². The molecule has 0 unspecified atom stereocenters. The van der Waals surface area contributed by atoms with Gasteiger partial charge in [0.25, 0.3) is 11.8 Å². The molecule has 1 aliphatic carbocycles. The first-order valence-corrected chi connectivity index (χ1v) is 5.41. The minimum absolute atomic E-state index is 0. The summed E-state index contributed by atoms with van der Waals surface area (Å²) in [4.78, 5) is 25.4. The molecule has 17 heavy (non-hydrogen) atoms. The SMILES string of the molecule is Cl.NC1CC(N2C(=O)c3ccccc3C2=O)C1. The molecule has 2 N–H and O–H groups in total. The molecular weight excluding hydrogens is 240 g/mol. The van der Waals surface area contributed by atoms with Crippen molar-refractivity contribution < 1.29 is 9.59 Å². The first kappa shape index (κ1) is 12.1. The van der Waals surface area contributed by atoms with Crippen LogP contribution in [-0.2, 0) is 0 Å². The minimum atomic E-state index is -0.169. The summed E-state index contributed by atoms with van der Waals surface area (Å²) in [6.45, 7) is 0. The molecule has 1 aliphatic heterocycles. The number of amides is 2. The van der Waals surface area contributed by atoms with Crippen LogP contribution in [0.2, 0.25) is 0 Å². The smallest absolute Gasteiger partial charge is 0.261 e. The van der Waals surface area contributed by atoms with Gasteiger partial charge in [0.1, 0.15) is 0 Å². The van der Waals surface area contributed by atoms with Gasteiger partial charge in [-0.3, -0.25) is 14.5 Å². The maximum Gasteiger partial charge on any atom is 0.261 e. The van der Waals surface area contributed by atoms with Gasteiger partial charge in [0.15, 0.2) is 0 Å². The Kier molecular flexibility index (Phi) is 2.93. The van der Waals surface area contributed by atoms with Crippen LogP contribution in [0, 0.1) is 0 Å². The highest BCUT2D eigenvalue weighted by atomic mass is 35.5. The van der Waals surface area contributed by atoms with E-state index in [-0.39, 0.29) is 36.3 Å². The fraction of sp³-hybridized carbons (Fsp3) is 0.333. The molecule has 0 aromatic heterocycles. The van der Waals surface area contributed by atoms with Gasteiger partial charge in [-0.05, 0) is 25.0 Å². The lowest BCUT2D eigenvalue weighted by Gasteiger charge is -2.37. The van der Waals surface area contributed by atoms with Gasteiger partial charge < -0.3 is 5.73 Å². The maximum absolute atomic E-state index is 12.0. The molecule has 0 saturated heterocycles. The van der Waals surface area contributed by atoms with E-state index in [1.165, 1.54) is 4.90 Å². The number of halogens is 1. The standard InChI is InChI=1S/C12H12N2O2.ClH/c13-7-5-8(6-7)14-11(15)9-3-1-2-4-10(9)12(14)16;/h1-4,7-8H,5-6,13H2;1H. The van der Waals surface area contributed by atoms with E-state index < -0.39 is 0 Å². The van der Waals surface area contributed by atoms with E-state index in [1.54, 1.807) is 24.3 Å². The van der Waals surface area contributed by atoms with Crippen molar-refractivity contribution in [3.8, 4) is 0 Å². The molecule has 1 saturated carbocycles. The summed E-state index contributed by atoms with van der Waals surface area (Å²) in [5.74, 6) is -0.338. The Morgan fingerprint density at radius 1 is 1.06 bits per heavy atom. The second-order valence-corrected chi connectivity index (χ2v) is 4.41. The van der Waals surface area contributed by atoms with Gasteiger partial charge in [-0.25, -0.2) is 0 Å². The van der Waals surface area contributed by atoms with Crippen LogP contribution in [0.5, 0.6) is 0 Å². The van der Waals surface area contributed by atoms with Crippen molar-refractivity contribution in [3.63, 3.8) is 0 Å². The third-order valence-electron chi connectivity index (χ3n) is 3.34. The molecule has 0 spiro atoms. The zero-order chi connectivity index (χ0) is 11.3. The van der Waals surface area contributed by atoms with E-state index in [4.69, 9.17) is 5.73 Å². The van der Waals surface area contributed by atoms with Gasteiger partial charge >= 0.3 is 0 Å². The lowest BCUT2D eigenvalue weighted by molar-refractivity contribution is 0.0483. The van der Waals surface area contributed by atoms with Crippen LogP contribution in [0.25, 0.3) is 0 Å². The lowest BCUT2D eigenvalue weighted by atomic mass is 9.86. The molecule has 1 heterocycles. The fourth-order valence-corrected chi connectivity index (χ4v) is 2.38. The van der Waals surface area contributed by atoms with Crippen molar-refractivity contribution in [2.45, 2.75) is 24.9 Å². The number of hydrogen-bond donors (Lipinski definition) is 1. The molecule has 0 bridgehead atoms. The van der Waals surface area contributed by atoms with Gasteiger partial charge in [0.2, 0.25) is 0 Å². The zero-order valence-corrected chi connectivity index (χ0v) is 9.94. The van der Waals surface area contributed by atoms with Crippen molar-refractivity contribution in [1.29, 1.82) is 0 Å². The van der Waals surface area contributed by atoms with Crippen molar-refractivity contribution in [1.82, 2.24) is 4.90 Å². The Bertz CT molecular complexity index is 448. The fourth-order valence-electron chi connectivity index (χ4n) is 2.38. The van der Waals surface area contributed by atoms with Crippen LogP contribution in [0.1, 0.15) is 33.6 Å². The number of fused-ring (bicyclic) bond motifs is 1. The number of nitrogens with zero attached hydrogens (tertiary/aromatic N) is 1. The number of imide groups is 1. The number of carbonyl (C=O) groups is 2. The quantitative estimate of drug-likeness (QED) is 0.764. The van der Waals surface area contributed by atoms with E-state index in [1.807, 2.05) is 0 Å². The van der Waals surface area contributed by atoms with Crippen molar-refractivity contribution in [2.24, 2.45) is 5.73 Å². The normalized spacial score (nSPS) is 26.3. The highest BCUT2D eigenvalue weighted by Gasteiger charge is 2.43. The predicted octanol–water partition coefficient (Wildman–Crippen LogP) is 1.19. The van der Waals surface area contributed by atoms with E-state index in [2.05, 4.69) is 0 Å². The van der Waals surface area contributed by atoms with Crippen LogP contribution in [-0.4, -0.2) is 28.8 Å². The highest BCUT2D eigenvalue weighted by Crippen LogP contribution is 2.32. The summed E-state index contributed by atoms with van der Waals surface area (Å²) >= 11 is 0. The molecule has 0 atom stereocenters. The van der Waals surface area contributed by atoms with E-state index in [0.29, 0.717) is 11.1 Å². The summed E-state index contributed by atoms with van der Waals surface area (Å²) in [5.41, 5.74) is 6.73. The molecule has 1 aromatic carbocycles. The van der Waals surface area contributed by atoms with Gasteiger partial charge in [0, 0.05) is 12.1 Å². The topological polar surface area (TPSA) is 63.4 Å². The van der Waals surface area contributed by atoms with Crippen molar-refractivity contribution in [2.75, 3.05) is 0 Å². The predicted molar refractivity (Wildman–Crippen MR) is 65.2 cm³/mol. The van der Waals surface area contributed by atoms with Crippen LogP contribution < -0.4 is 5.73 Å². The maximum atomic E-state index is 12.0. The van der Waals surface area contributed by atoms with Gasteiger partial charge in [-0.2, -0.15) is 0 Å². The Morgan fingerprint density at radius 3 is 1.94 bits per heavy atom. The first-order chi connectivity index (χ1) is 7.68. The van der Waals surface area contributed by atoms with E-state index in [0.717, 1.165) is 12.8 Å². The summed E-state index contributed by atoms with van der Waals surface area (Å²) < 4.78 is 0. The Hall–Kier alpha value is -1.39. The summed E-state index contributed by atoms with van der Waals surface area (Å²) in [6.07, 6.45) is 1.46. The van der Waals surface area contributed by atoms with Crippen LogP contribution in [0.15, 0.2) is 24.3 Å². The summed E-state index contributed by atoms with van der Waals surface area (Å²) in [6, 6.07) is 7.10. The molecule has 4 nitrogen and oxygen atoms in total. The second-order valence-electron chi connectivity index (χ2n) is 4.41. The van der Waals surface area contributed by atoms with Gasteiger partial charge in [-0.15, -0.1) is 12.4 Å². The largest absolute Gasteiger partial charge is 0.328 e. The van der Waals surface area contributed by atoms with Gasteiger partial charge in [0.05, 0.1) is 11.1 Å². The second kappa shape index (κ2) is 4.13. The summed E-state index contributed by atoms with van der Waals surface area (Å²) in [5, 5.41) is 0. The lowest BCUT2D eigenvalue weighted by Crippen LogP contribution is -2.52. The number of hydrogen-bond acceptors (Lipinski definition) is 3. The Morgan fingerprint density at radius 2 is 1.53 bits per heavy atom. The number of benzene rings is 1. The highest BCUT2D eigenvalue weighted by molar-refractivity contribution is 6.21. The molecule has 1 fully saturated rings. The van der Waals surface area contributed by atoms with E-state index >= 15 is 0 Å². The molecular formula is C12H13ClN2O2. The molecule has 2 amide bonds. The van der Waals surface area contributed by atoms with Crippen molar-refractivity contribution in [3.05, 3.63) is 35.4 Å². The van der Waals surface area contributed by atoms with Gasteiger partial charge in [-0.1, -0.05) is 12.1 Å². The average Bonchev–Trinajstić information content (AvgIpc) is 2.49. The number of rotatable bonds is 1. The number of nitrogens with two attached hydrogens (primary N) is 1. The Labute approximate surface area is 105 Å². The van der Waals surface area contributed by atoms with Crippen LogP contribution >= 0.6 is 12.4 Å².